The Hall–Kier alpha value is -4.14. The van der Waals surface area contributed by atoms with Gasteiger partial charge in [0.05, 0.1) is 37.6 Å². The summed E-state index contributed by atoms with van der Waals surface area (Å²) in [5, 5.41) is 17.5. The number of β-lactam (4-membered cyclic amide) rings is 1. The van der Waals surface area contributed by atoms with E-state index in [0.29, 0.717) is 47.8 Å². The third-order valence-electron chi connectivity index (χ3n) is 9.50. The standard InChI is InChI=1S/C33H40FN5O7Si/c1-20-31(47(4,5)34)28(11-13-37-19-23(12-14-40)35-36-37)46-33(20)26-16-25(44-3)9-10-27(26)38(32(33)43)18-22-7-6-8-24(15-22)39-29(42)17-30(39)45-21(2)41/h6-10,15-16,19-20,28,30-31,40H,11-14,17-18H2,1-5H3/t20-,28+,30?,31-,33+/m0/s1. The van der Waals surface area contributed by atoms with Crippen LogP contribution in [-0.2, 0) is 49.0 Å². The van der Waals surface area contributed by atoms with E-state index in [1.807, 2.05) is 25.1 Å². The first kappa shape index (κ1) is 32.8. The fourth-order valence-electron chi connectivity index (χ4n) is 7.49. The number of nitrogens with zero attached hydrogens (tertiary/aromatic N) is 5. The molecule has 0 aliphatic carbocycles. The van der Waals surface area contributed by atoms with E-state index < -0.39 is 43.8 Å². The third kappa shape index (κ3) is 5.82. The second kappa shape index (κ2) is 12.5. The molecule has 0 saturated carbocycles. The second-order valence-corrected chi connectivity index (χ2v) is 16.8. The highest BCUT2D eigenvalue weighted by molar-refractivity contribution is 6.72. The maximum atomic E-state index is 16.2. The van der Waals surface area contributed by atoms with Gasteiger partial charge >= 0.3 is 5.97 Å². The van der Waals surface area contributed by atoms with E-state index in [0.717, 1.165) is 5.56 Å². The molecule has 5 atom stereocenters. The van der Waals surface area contributed by atoms with E-state index in [9.17, 15) is 19.5 Å². The van der Waals surface area contributed by atoms with E-state index in [-0.39, 0.29) is 31.4 Å². The van der Waals surface area contributed by atoms with Crippen molar-refractivity contribution in [2.75, 3.05) is 23.5 Å². The Morgan fingerprint density at radius 1 is 1.21 bits per heavy atom. The summed E-state index contributed by atoms with van der Waals surface area (Å²) in [5.74, 6) is -0.857. The molecule has 6 rings (SSSR count). The average molecular weight is 666 g/mol. The molecular formula is C33H40FN5O7Si. The number of aryl methyl sites for hydroxylation is 1. The number of fused-ring (bicyclic) bond motifs is 2. The number of carbonyl (C=O) groups is 3. The summed E-state index contributed by atoms with van der Waals surface area (Å²) in [6.45, 7) is 7.07. The fourth-order valence-corrected chi connectivity index (χ4v) is 10.0. The molecule has 2 fully saturated rings. The Morgan fingerprint density at radius 3 is 2.68 bits per heavy atom. The number of methoxy groups -OCH3 is 1. The summed E-state index contributed by atoms with van der Waals surface area (Å²) in [6.07, 6.45) is 1.44. The first-order chi connectivity index (χ1) is 22.4. The van der Waals surface area contributed by atoms with Crippen LogP contribution in [0.1, 0.15) is 43.5 Å². The van der Waals surface area contributed by atoms with Crippen LogP contribution in [0.4, 0.5) is 15.5 Å². The van der Waals surface area contributed by atoms with Crippen LogP contribution in [0.15, 0.2) is 48.7 Å². The molecule has 1 aromatic heterocycles. The van der Waals surface area contributed by atoms with Crippen molar-refractivity contribution in [1.29, 1.82) is 0 Å². The van der Waals surface area contributed by atoms with Crippen molar-refractivity contribution in [3.8, 4) is 5.75 Å². The van der Waals surface area contributed by atoms with Crippen LogP contribution >= 0.6 is 0 Å². The number of hydrogen-bond acceptors (Lipinski definition) is 9. The van der Waals surface area contributed by atoms with Crippen LogP contribution in [0.25, 0.3) is 0 Å². The molecule has 1 N–H and O–H groups in total. The fraction of sp³-hybridized carbons (Fsp3) is 0.485. The largest absolute Gasteiger partial charge is 0.497 e. The van der Waals surface area contributed by atoms with Crippen molar-refractivity contribution in [2.24, 2.45) is 5.92 Å². The number of carbonyl (C=O) groups excluding carboxylic acids is 3. The van der Waals surface area contributed by atoms with Gasteiger partial charge in [-0.2, -0.15) is 0 Å². The zero-order valence-corrected chi connectivity index (χ0v) is 28.2. The molecule has 1 spiro atoms. The van der Waals surface area contributed by atoms with Crippen molar-refractivity contribution in [2.45, 2.75) is 82.8 Å². The van der Waals surface area contributed by atoms with Gasteiger partial charge in [-0.25, -0.2) is 0 Å². The van der Waals surface area contributed by atoms with Gasteiger partial charge in [0.15, 0.2) is 11.8 Å². The molecule has 3 aliphatic heterocycles. The van der Waals surface area contributed by atoms with Crippen molar-refractivity contribution >= 4 is 37.6 Å². The maximum Gasteiger partial charge on any atom is 0.304 e. The van der Waals surface area contributed by atoms with Crippen LogP contribution in [0.5, 0.6) is 5.75 Å². The number of halogens is 1. The minimum atomic E-state index is -3.38. The van der Waals surface area contributed by atoms with Gasteiger partial charge in [-0.05, 0) is 55.4 Å². The molecule has 47 heavy (non-hydrogen) atoms. The molecule has 14 heteroatoms. The molecule has 2 saturated heterocycles. The van der Waals surface area contributed by atoms with E-state index in [4.69, 9.17) is 14.2 Å². The summed E-state index contributed by atoms with van der Waals surface area (Å²) in [6, 6.07) is 12.6. The number of benzene rings is 2. The highest BCUT2D eigenvalue weighted by Gasteiger charge is 2.66. The molecular weight excluding hydrogens is 625 g/mol. The van der Waals surface area contributed by atoms with Crippen LogP contribution in [0, 0.1) is 5.92 Å². The summed E-state index contributed by atoms with van der Waals surface area (Å²) in [4.78, 5) is 41.9. The number of hydrogen-bond donors (Lipinski definition) is 1. The predicted molar refractivity (Wildman–Crippen MR) is 172 cm³/mol. The highest BCUT2D eigenvalue weighted by atomic mass is 28.4. The van der Waals surface area contributed by atoms with Gasteiger partial charge in [0.1, 0.15) is 5.75 Å². The molecule has 12 nitrogen and oxygen atoms in total. The van der Waals surface area contributed by atoms with Gasteiger partial charge in [0, 0.05) is 55.4 Å². The lowest BCUT2D eigenvalue weighted by Crippen LogP contribution is -2.54. The number of ether oxygens (including phenoxy) is 3. The molecule has 3 aliphatic rings. The van der Waals surface area contributed by atoms with Crippen molar-refractivity contribution in [3.05, 3.63) is 65.5 Å². The Labute approximate surface area is 273 Å². The second-order valence-electron chi connectivity index (χ2n) is 13.0. The SMILES string of the molecule is COc1ccc2c(c1)[C@@]1(O[C@H](CCn3cc(CCO)nn3)[C@@H]([Si](C)(C)F)[C@@H]1C)C(=O)N2Cc1cccc(N2C(=O)CC2OC(C)=O)c1. The van der Waals surface area contributed by atoms with Crippen LogP contribution in [-0.4, -0.2) is 72.3 Å². The van der Waals surface area contributed by atoms with Gasteiger partial charge in [-0.15, -0.1) is 5.10 Å². The lowest BCUT2D eigenvalue weighted by atomic mass is 9.82. The summed E-state index contributed by atoms with van der Waals surface area (Å²) < 4.78 is 35.6. The quantitative estimate of drug-likeness (QED) is 0.140. The van der Waals surface area contributed by atoms with Crippen molar-refractivity contribution < 1.29 is 37.8 Å². The lowest BCUT2D eigenvalue weighted by molar-refractivity contribution is -0.154. The summed E-state index contributed by atoms with van der Waals surface area (Å²) in [7, 11) is -1.82. The van der Waals surface area contributed by atoms with E-state index >= 15 is 4.11 Å². The average Bonchev–Trinajstić information content (AvgIpc) is 3.65. The summed E-state index contributed by atoms with van der Waals surface area (Å²) in [5.41, 5.74) is 1.32. The smallest absolute Gasteiger partial charge is 0.304 e. The van der Waals surface area contributed by atoms with Crippen LogP contribution < -0.4 is 14.5 Å². The van der Waals surface area contributed by atoms with Gasteiger partial charge in [-0.1, -0.05) is 24.3 Å². The molecule has 4 heterocycles. The minimum absolute atomic E-state index is 0.0366. The molecule has 2 amide bonds. The first-order valence-electron chi connectivity index (χ1n) is 15.8. The molecule has 250 valence electrons. The topological polar surface area (TPSA) is 136 Å². The number of anilines is 2. The van der Waals surface area contributed by atoms with Gasteiger partial charge in [-0.3, -0.25) is 24.0 Å². The first-order valence-corrected chi connectivity index (χ1v) is 18.8. The Morgan fingerprint density at radius 2 is 2.00 bits per heavy atom. The van der Waals surface area contributed by atoms with Crippen molar-refractivity contribution in [3.63, 3.8) is 0 Å². The number of amides is 2. The van der Waals surface area contributed by atoms with Crippen molar-refractivity contribution in [1.82, 2.24) is 15.0 Å². The molecule has 3 aromatic rings. The molecule has 0 radical (unpaired) electrons. The third-order valence-corrected chi connectivity index (χ3v) is 12.0. The predicted octanol–water partition coefficient (Wildman–Crippen LogP) is 3.86. The highest BCUT2D eigenvalue weighted by Crippen LogP contribution is 2.60. The van der Waals surface area contributed by atoms with E-state index in [1.165, 1.54) is 11.8 Å². The lowest BCUT2D eigenvalue weighted by Gasteiger charge is -2.39. The monoisotopic (exact) mass is 665 g/mol. The van der Waals surface area contributed by atoms with E-state index in [2.05, 4.69) is 10.3 Å². The van der Waals surface area contributed by atoms with E-state index in [1.54, 1.807) is 60.2 Å². The Kier molecular flexibility index (Phi) is 8.70. The zero-order chi connectivity index (χ0) is 33.7. The number of esters is 1. The Balaban J connectivity index is 1.33. The molecule has 1 unspecified atom stereocenters. The zero-order valence-electron chi connectivity index (χ0n) is 27.2. The number of aromatic nitrogens is 3. The van der Waals surface area contributed by atoms with Crippen LogP contribution in [0.3, 0.4) is 0 Å². The van der Waals surface area contributed by atoms with Gasteiger partial charge in [0.2, 0.25) is 14.3 Å². The minimum Gasteiger partial charge on any atom is -0.497 e. The van der Waals surface area contributed by atoms with Crippen LogP contribution in [0.2, 0.25) is 18.6 Å². The number of aliphatic hydroxyl groups excluding tert-OH is 1. The maximum absolute atomic E-state index is 16.2. The normalized spacial score (nSPS) is 25.3. The summed E-state index contributed by atoms with van der Waals surface area (Å²) >= 11 is 0. The molecule has 0 bridgehead atoms. The Bertz CT molecular complexity index is 1700. The van der Waals surface area contributed by atoms with Gasteiger partial charge in [0.25, 0.3) is 5.91 Å². The molecule has 2 aromatic carbocycles. The number of aliphatic hydroxyl groups is 1. The number of rotatable bonds is 11. The van der Waals surface area contributed by atoms with Gasteiger partial charge < -0.3 is 28.3 Å².